The summed E-state index contributed by atoms with van der Waals surface area (Å²) in [5.74, 6) is -1.07. The number of pyridine rings is 1. The number of aromatic nitrogens is 3. The van der Waals surface area contributed by atoms with Crippen LogP contribution in [0.2, 0.25) is 0 Å². The van der Waals surface area contributed by atoms with E-state index in [-0.39, 0.29) is 11.5 Å². The van der Waals surface area contributed by atoms with Gasteiger partial charge >= 0.3 is 0 Å². The topological polar surface area (TPSA) is 67.8 Å². The first-order valence-electron chi connectivity index (χ1n) is 4.89. The SMILES string of the molecule is Cc1ccc(NC(=O)c2ncccc2F)nn1. The molecule has 0 aliphatic heterocycles. The number of nitrogens with one attached hydrogen (secondary N) is 1. The minimum atomic E-state index is -0.676. The summed E-state index contributed by atoms with van der Waals surface area (Å²) < 4.78 is 13.2. The zero-order chi connectivity index (χ0) is 12.3. The Bertz CT molecular complexity index is 541. The first-order chi connectivity index (χ1) is 8.16. The van der Waals surface area contributed by atoms with Gasteiger partial charge in [0.1, 0.15) is 0 Å². The van der Waals surface area contributed by atoms with E-state index in [1.807, 2.05) is 0 Å². The molecule has 2 rings (SSSR count). The maximum atomic E-state index is 13.2. The molecule has 0 bridgehead atoms. The van der Waals surface area contributed by atoms with Gasteiger partial charge in [-0.2, -0.15) is 5.10 Å². The average Bonchev–Trinajstić information content (AvgIpc) is 2.32. The second-order valence-electron chi connectivity index (χ2n) is 3.35. The van der Waals surface area contributed by atoms with E-state index in [0.29, 0.717) is 0 Å². The number of aryl methyl sites for hydroxylation is 1. The molecule has 1 N–H and O–H groups in total. The van der Waals surface area contributed by atoms with Crippen molar-refractivity contribution in [1.29, 1.82) is 0 Å². The fraction of sp³-hybridized carbons (Fsp3) is 0.0909. The molecule has 0 saturated carbocycles. The summed E-state index contributed by atoms with van der Waals surface area (Å²) >= 11 is 0. The molecule has 0 aromatic carbocycles. The molecule has 6 heteroatoms. The molecule has 0 unspecified atom stereocenters. The van der Waals surface area contributed by atoms with Crippen LogP contribution in [0.25, 0.3) is 0 Å². The highest BCUT2D eigenvalue weighted by Crippen LogP contribution is 2.07. The molecule has 1 amide bonds. The van der Waals surface area contributed by atoms with Gasteiger partial charge in [-0.15, -0.1) is 5.10 Å². The normalized spacial score (nSPS) is 10.0. The second kappa shape index (κ2) is 4.65. The Kier molecular flexibility index (Phi) is 3.04. The predicted octanol–water partition coefficient (Wildman–Crippen LogP) is 1.57. The molecular weight excluding hydrogens is 223 g/mol. The number of anilines is 1. The first-order valence-corrected chi connectivity index (χ1v) is 4.89. The van der Waals surface area contributed by atoms with Crippen LogP contribution in [0, 0.1) is 12.7 Å². The summed E-state index contributed by atoms with van der Waals surface area (Å²) in [7, 11) is 0. The lowest BCUT2D eigenvalue weighted by atomic mass is 10.3. The maximum absolute atomic E-state index is 13.2. The lowest BCUT2D eigenvalue weighted by Gasteiger charge is -2.03. The van der Waals surface area contributed by atoms with Crippen LogP contribution >= 0.6 is 0 Å². The van der Waals surface area contributed by atoms with Crippen LogP contribution in [0.4, 0.5) is 10.2 Å². The van der Waals surface area contributed by atoms with Crippen molar-refractivity contribution in [3.63, 3.8) is 0 Å². The fourth-order valence-corrected chi connectivity index (χ4v) is 1.19. The smallest absolute Gasteiger partial charge is 0.278 e. The van der Waals surface area contributed by atoms with Crippen LogP contribution in [-0.4, -0.2) is 21.1 Å². The number of rotatable bonds is 2. The molecule has 0 fully saturated rings. The van der Waals surface area contributed by atoms with Crippen molar-refractivity contribution in [2.75, 3.05) is 5.32 Å². The molecule has 0 aliphatic rings. The van der Waals surface area contributed by atoms with E-state index < -0.39 is 11.7 Å². The standard InChI is InChI=1S/C11H9FN4O/c1-7-4-5-9(16-15-7)14-11(17)10-8(12)3-2-6-13-10/h2-6H,1H3,(H,14,16,17). The van der Waals surface area contributed by atoms with Crippen LogP contribution in [-0.2, 0) is 0 Å². The number of carbonyl (C=O) groups excluding carboxylic acids is 1. The minimum absolute atomic E-state index is 0.255. The van der Waals surface area contributed by atoms with Crippen LogP contribution in [0.1, 0.15) is 16.2 Å². The summed E-state index contributed by atoms with van der Waals surface area (Å²) in [6.45, 7) is 1.77. The Hall–Kier alpha value is -2.37. The average molecular weight is 232 g/mol. The van der Waals surface area contributed by atoms with Crippen molar-refractivity contribution in [3.8, 4) is 0 Å². The fourth-order valence-electron chi connectivity index (χ4n) is 1.19. The number of hydrogen-bond donors (Lipinski definition) is 1. The summed E-state index contributed by atoms with van der Waals surface area (Å²) in [6.07, 6.45) is 1.35. The van der Waals surface area contributed by atoms with Crippen molar-refractivity contribution >= 4 is 11.7 Å². The quantitative estimate of drug-likeness (QED) is 0.853. The van der Waals surface area contributed by atoms with E-state index in [1.165, 1.54) is 18.3 Å². The number of amides is 1. The van der Waals surface area contributed by atoms with Gasteiger partial charge in [0, 0.05) is 6.20 Å². The molecule has 0 aliphatic carbocycles. The van der Waals surface area contributed by atoms with Gasteiger partial charge in [-0.3, -0.25) is 4.79 Å². The van der Waals surface area contributed by atoms with Crippen LogP contribution in [0.15, 0.2) is 30.5 Å². The van der Waals surface area contributed by atoms with Gasteiger partial charge in [0.2, 0.25) is 0 Å². The van der Waals surface area contributed by atoms with Crippen molar-refractivity contribution in [2.45, 2.75) is 6.92 Å². The molecule has 0 spiro atoms. The Labute approximate surface area is 96.7 Å². The lowest BCUT2D eigenvalue weighted by molar-refractivity contribution is 0.101. The zero-order valence-electron chi connectivity index (χ0n) is 9.01. The zero-order valence-corrected chi connectivity index (χ0v) is 9.01. The van der Waals surface area contributed by atoms with E-state index in [4.69, 9.17) is 0 Å². The highest BCUT2D eigenvalue weighted by atomic mass is 19.1. The Balaban J connectivity index is 2.17. The molecule has 17 heavy (non-hydrogen) atoms. The molecule has 2 aromatic rings. The molecule has 2 aromatic heterocycles. The van der Waals surface area contributed by atoms with Crippen molar-refractivity contribution < 1.29 is 9.18 Å². The van der Waals surface area contributed by atoms with E-state index in [0.717, 1.165) is 5.69 Å². The maximum Gasteiger partial charge on any atom is 0.278 e. The van der Waals surface area contributed by atoms with Crippen LogP contribution < -0.4 is 5.32 Å². The van der Waals surface area contributed by atoms with Gasteiger partial charge < -0.3 is 5.32 Å². The van der Waals surface area contributed by atoms with E-state index in [2.05, 4.69) is 20.5 Å². The third-order valence-corrected chi connectivity index (χ3v) is 2.01. The van der Waals surface area contributed by atoms with Gasteiger partial charge in [-0.1, -0.05) is 0 Å². The molecule has 86 valence electrons. The number of nitrogens with zero attached hydrogens (tertiary/aromatic N) is 3. The second-order valence-corrected chi connectivity index (χ2v) is 3.35. The number of halogens is 1. The summed E-state index contributed by atoms with van der Waals surface area (Å²) in [5.41, 5.74) is 0.460. The van der Waals surface area contributed by atoms with Gasteiger partial charge in [-0.05, 0) is 31.2 Å². The molecule has 2 heterocycles. The predicted molar refractivity (Wildman–Crippen MR) is 58.9 cm³/mol. The molecule has 0 saturated heterocycles. The number of carbonyl (C=O) groups is 1. The minimum Gasteiger partial charge on any atom is -0.304 e. The molecule has 0 atom stereocenters. The third-order valence-electron chi connectivity index (χ3n) is 2.01. The monoisotopic (exact) mass is 232 g/mol. The molecule has 5 nitrogen and oxygen atoms in total. The first kappa shape index (κ1) is 11.1. The Morgan fingerprint density at radius 2 is 2.12 bits per heavy atom. The number of hydrogen-bond acceptors (Lipinski definition) is 4. The van der Waals surface area contributed by atoms with Crippen LogP contribution in [0.3, 0.4) is 0 Å². The summed E-state index contributed by atoms with van der Waals surface area (Å²) in [4.78, 5) is 15.3. The van der Waals surface area contributed by atoms with Gasteiger partial charge in [0.15, 0.2) is 17.3 Å². The van der Waals surface area contributed by atoms with Crippen molar-refractivity contribution in [1.82, 2.24) is 15.2 Å². The summed E-state index contributed by atoms with van der Waals surface area (Å²) in [6, 6.07) is 5.86. The van der Waals surface area contributed by atoms with Gasteiger partial charge in [0.05, 0.1) is 5.69 Å². The Morgan fingerprint density at radius 1 is 1.29 bits per heavy atom. The van der Waals surface area contributed by atoms with Gasteiger partial charge in [0.25, 0.3) is 5.91 Å². The lowest BCUT2D eigenvalue weighted by Crippen LogP contribution is -2.16. The van der Waals surface area contributed by atoms with E-state index in [1.54, 1.807) is 19.1 Å². The van der Waals surface area contributed by atoms with Crippen LogP contribution in [0.5, 0.6) is 0 Å². The largest absolute Gasteiger partial charge is 0.304 e. The van der Waals surface area contributed by atoms with Crippen molar-refractivity contribution in [3.05, 3.63) is 47.7 Å². The summed E-state index contributed by atoms with van der Waals surface area (Å²) in [5, 5.41) is 9.92. The van der Waals surface area contributed by atoms with E-state index >= 15 is 0 Å². The highest BCUT2D eigenvalue weighted by molar-refractivity contribution is 6.02. The Morgan fingerprint density at radius 3 is 2.76 bits per heavy atom. The van der Waals surface area contributed by atoms with Crippen molar-refractivity contribution in [2.24, 2.45) is 0 Å². The van der Waals surface area contributed by atoms with E-state index in [9.17, 15) is 9.18 Å². The molecular formula is C11H9FN4O. The third kappa shape index (κ3) is 2.60. The highest BCUT2D eigenvalue weighted by Gasteiger charge is 2.13. The molecule has 0 radical (unpaired) electrons. The van der Waals surface area contributed by atoms with Gasteiger partial charge in [-0.25, -0.2) is 9.37 Å².